The molecule has 2 aromatic heterocycles. The van der Waals surface area contributed by atoms with Gasteiger partial charge in [0, 0.05) is 18.0 Å². The topological polar surface area (TPSA) is 104 Å². The zero-order valence-electron chi connectivity index (χ0n) is 10.8. The van der Waals surface area contributed by atoms with E-state index >= 15 is 0 Å². The minimum atomic E-state index is -0.388. The Hall–Kier alpha value is -3.22. The van der Waals surface area contributed by atoms with Crippen molar-refractivity contribution in [3.8, 4) is 11.3 Å². The fraction of sp³-hybridized carbons (Fsp3) is 0. The highest BCUT2D eigenvalue weighted by Crippen LogP contribution is 2.19. The molecule has 104 valence electrons. The molecule has 21 heavy (non-hydrogen) atoms. The van der Waals surface area contributed by atoms with Gasteiger partial charge < -0.3 is 5.32 Å². The second kappa shape index (κ2) is 5.41. The van der Waals surface area contributed by atoms with Crippen molar-refractivity contribution in [2.75, 3.05) is 5.32 Å². The minimum absolute atomic E-state index is 0.146. The predicted molar refractivity (Wildman–Crippen MR) is 76.8 cm³/mol. The molecule has 3 aromatic rings. The number of nitrogens with one attached hydrogen (secondary N) is 3. The molecule has 0 saturated heterocycles. The summed E-state index contributed by atoms with van der Waals surface area (Å²) in [4.78, 5) is 22.8. The van der Waals surface area contributed by atoms with Crippen molar-refractivity contribution in [2.45, 2.75) is 0 Å². The van der Waals surface area contributed by atoms with E-state index in [1.54, 1.807) is 18.3 Å². The van der Waals surface area contributed by atoms with Crippen LogP contribution in [0, 0.1) is 0 Å². The van der Waals surface area contributed by atoms with Gasteiger partial charge >= 0.3 is 0 Å². The summed E-state index contributed by atoms with van der Waals surface area (Å²) in [7, 11) is 0. The molecular weight excluding hydrogens is 270 g/mol. The minimum Gasteiger partial charge on any atom is -0.321 e. The summed E-state index contributed by atoms with van der Waals surface area (Å²) in [6.07, 6.45) is 1.67. The number of carbonyl (C=O) groups excluding carboxylic acids is 1. The molecule has 0 bridgehead atoms. The lowest BCUT2D eigenvalue weighted by Crippen LogP contribution is -2.17. The van der Waals surface area contributed by atoms with Gasteiger partial charge in [-0.05, 0) is 29.8 Å². The van der Waals surface area contributed by atoms with Gasteiger partial charge in [0.25, 0.3) is 11.5 Å². The van der Waals surface area contributed by atoms with E-state index in [1.165, 1.54) is 12.1 Å². The van der Waals surface area contributed by atoms with Crippen LogP contribution < -0.4 is 10.9 Å². The third-order valence-electron chi connectivity index (χ3n) is 2.87. The van der Waals surface area contributed by atoms with Crippen LogP contribution in [-0.2, 0) is 0 Å². The van der Waals surface area contributed by atoms with Gasteiger partial charge in [0.2, 0.25) is 0 Å². The summed E-state index contributed by atoms with van der Waals surface area (Å²) >= 11 is 0. The zero-order chi connectivity index (χ0) is 14.7. The molecule has 0 saturated carbocycles. The van der Waals surface area contributed by atoms with E-state index in [0.717, 1.165) is 11.3 Å². The normalized spacial score (nSPS) is 10.3. The number of amides is 1. The van der Waals surface area contributed by atoms with Crippen molar-refractivity contribution in [2.24, 2.45) is 0 Å². The molecule has 0 aliphatic heterocycles. The Labute approximate surface area is 119 Å². The van der Waals surface area contributed by atoms with Gasteiger partial charge in [-0.3, -0.25) is 14.7 Å². The first kappa shape index (κ1) is 12.8. The first-order valence-electron chi connectivity index (χ1n) is 6.19. The molecule has 0 unspecified atom stereocenters. The van der Waals surface area contributed by atoms with Crippen molar-refractivity contribution >= 4 is 11.6 Å². The maximum Gasteiger partial charge on any atom is 0.276 e. The average molecular weight is 281 g/mol. The van der Waals surface area contributed by atoms with Crippen molar-refractivity contribution in [3.05, 3.63) is 64.7 Å². The van der Waals surface area contributed by atoms with Gasteiger partial charge in [0.05, 0.1) is 5.69 Å². The van der Waals surface area contributed by atoms with E-state index in [0.29, 0.717) is 5.69 Å². The fourth-order valence-electron chi connectivity index (χ4n) is 1.82. The summed E-state index contributed by atoms with van der Waals surface area (Å²) in [5, 5.41) is 15.3. The van der Waals surface area contributed by atoms with Crippen LogP contribution in [0.3, 0.4) is 0 Å². The summed E-state index contributed by atoms with van der Waals surface area (Å²) in [6.45, 7) is 0. The number of aromatic nitrogens is 4. The number of aromatic amines is 2. The molecule has 1 aromatic carbocycles. The maximum atomic E-state index is 11.9. The van der Waals surface area contributed by atoms with E-state index in [4.69, 9.17) is 0 Å². The first-order chi connectivity index (χ1) is 10.2. The van der Waals surface area contributed by atoms with Crippen LogP contribution in [0.2, 0.25) is 0 Å². The summed E-state index contributed by atoms with van der Waals surface area (Å²) in [6, 6.07) is 11.8. The number of anilines is 1. The lowest BCUT2D eigenvalue weighted by atomic mass is 10.1. The smallest absolute Gasteiger partial charge is 0.276 e. The van der Waals surface area contributed by atoms with Crippen molar-refractivity contribution < 1.29 is 4.79 Å². The second-order valence-electron chi connectivity index (χ2n) is 4.31. The monoisotopic (exact) mass is 281 g/mol. The Balaban J connectivity index is 1.74. The van der Waals surface area contributed by atoms with E-state index in [-0.39, 0.29) is 17.2 Å². The largest absolute Gasteiger partial charge is 0.321 e. The van der Waals surface area contributed by atoms with Crippen molar-refractivity contribution in [1.82, 2.24) is 20.4 Å². The highest BCUT2D eigenvalue weighted by molar-refractivity contribution is 6.02. The number of H-pyrrole nitrogens is 2. The molecule has 0 radical (unpaired) electrons. The van der Waals surface area contributed by atoms with Crippen LogP contribution in [-0.4, -0.2) is 26.3 Å². The Morgan fingerprint density at radius 2 is 1.81 bits per heavy atom. The second-order valence-corrected chi connectivity index (χ2v) is 4.31. The first-order valence-corrected chi connectivity index (χ1v) is 6.19. The highest BCUT2D eigenvalue weighted by atomic mass is 16.2. The molecule has 3 rings (SSSR count). The standard InChI is InChI=1S/C14H11N5O2/c20-13-6-5-12(18-19-13)14(21)16-10-3-1-9(2-4-10)11-7-8-15-17-11/h1-8H,(H,15,17)(H,16,21)(H,19,20). The fourth-order valence-corrected chi connectivity index (χ4v) is 1.82. The summed E-state index contributed by atoms with van der Waals surface area (Å²) in [5.41, 5.74) is 2.29. The third-order valence-corrected chi connectivity index (χ3v) is 2.87. The summed E-state index contributed by atoms with van der Waals surface area (Å²) in [5.74, 6) is -0.388. The number of hydrogen-bond donors (Lipinski definition) is 3. The molecule has 0 aliphatic carbocycles. The van der Waals surface area contributed by atoms with E-state index < -0.39 is 0 Å². The molecule has 2 heterocycles. The lowest BCUT2D eigenvalue weighted by Gasteiger charge is -2.05. The number of benzene rings is 1. The quantitative estimate of drug-likeness (QED) is 0.675. The van der Waals surface area contributed by atoms with Crippen LogP contribution in [0.25, 0.3) is 11.3 Å². The zero-order valence-corrected chi connectivity index (χ0v) is 10.8. The van der Waals surface area contributed by atoms with Crippen LogP contribution in [0.5, 0.6) is 0 Å². The van der Waals surface area contributed by atoms with Gasteiger partial charge in [-0.2, -0.15) is 10.2 Å². The van der Waals surface area contributed by atoms with Gasteiger partial charge in [-0.1, -0.05) is 12.1 Å². The van der Waals surface area contributed by atoms with Gasteiger partial charge in [0.1, 0.15) is 5.69 Å². The third kappa shape index (κ3) is 2.86. The Kier molecular flexibility index (Phi) is 3.30. The molecule has 0 spiro atoms. The molecule has 0 atom stereocenters. The number of rotatable bonds is 3. The molecular formula is C14H11N5O2. The average Bonchev–Trinajstić information content (AvgIpc) is 3.03. The van der Waals surface area contributed by atoms with Crippen LogP contribution >= 0.6 is 0 Å². The Morgan fingerprint density at radius 3 is 2.43 bits per heavy atom. The number of carbonyl (C=O) groups is 1. The van der Waals surface area contributed by atoms with Crippen molar-refractivity contribution in [3.63, 3.8) is 0 Å². The number of hydrogen-bond acceptors (Lipinski definition) is 4. The molecule has 3 N–H and O–H groups in total. The van der Waals surface area contributed by atoms with Crippen LogP contribution in [0.15, 0.2) is 53.5 Å². The van der Waals surface area contributed by atoms with E-state index in [9.17, 15) is 9.59 Å². The SMILES string of the molecule is O=C(Nc1ccc(-c2ccn[nH]2)cc1)c1ccc(=O)[nH]n1. The van der Waals surface area contributed by atoms with Gasteiger partial charge in [0.15, 0.2) is 0 Å². The van der Waals surface area contributed by atoms with Crippen LogP contribution in [0.4, 0.5) is 5.69 Å². The van der Waals surface area contributed by atoms with E-state index in [1.807, 2.05) is 18.2 Å². The lowest BCUT2D eigenvalue weighted by molar-refractivity contribution is 0.102. The molecule has 0 fully saturated rings. The molecule has 7 nitrogen and oxygen atoms in total. The van der Waals surface area contributed by atoms with Crippen molar-refractivity contribution in [1.29, 1.82) is 0 Å². The maximum absolute atomic E-state index is 11.9. The highest BCUT2D eigenvalue weighted by Gasteiger charge is 2.08. The predicted octanol–water partition coefficient (Wildman–Crippen LogP) is 1.41. The molecule has 1 amide bonds. The summed E-state index contributed by atoms with van der Waals surface area (Å²) < 4.78 is 0. The van der Waals surface area contributed by atoms with Gasteiger partial charge in [-0.15, -0.1) is 0 Å². The van der Waals surface area contributed by atoms with Gasteiger partial charge in [-0.25, -0.2) is 5.10 Å². The number of nitrogens with zero attached hydrogens (tertiary/aromatic N) is 2. The van der Waals surface area contributed by atoms with E-state index in [2.05, 4.69) is 25.7 Å². The Bertz CT molecular complexity index is 786. The molecule has 0 aliphatic rings. The van der Waals surface area contributed by atoms with Crippen LogP contribution in [0.1, 0.15) is 10.5 Å². The molecule has 7 heteroatoms. The Morgan fingerprint density at radius 1 is 1.00 bits per heavy atom.